The molecule has 0 saturated heterocycles. The maximum Gasteiger partial charge on any atom is 0.328 e. The summed E-state index contributed by atoms with van der Waals surface area (Å²) in [6.45, 7) is 4.44. The normalized spacial score (nSPS) is 16.2. The first-order valence-corrected chi connectivity index (χ1v) is 11.1. The average Bonchev–Trinajstić information content (AvgIpc) is 2.66. The fourth-order valence-corrected chi connectivity index (χ4v) is 3.64. The molecule has 0 heterocycles. The Morgan fingerprint density at radius 1 is 0.885 bits per heavy atom. The summed E-state index contributed by atoms with van der Waals surface area (Å²) in [7, 11) is 0. The highest BCUT2D eigenvalue weighted by Gasteiger charge is 2.24. The predicted molar refractivity (Wildman–Crippen MR) is 107 cm³/mol. The Bertz CT molecular complexity index is 378. The van der Waals surface area contributed by atoms with Crippen LogP contribution >= 0.6 is 0 Å². The molecule has 0 aromatic rings. The van der Waals surface area contributed by atoms with E-state index in [4.69, 9.17) is 4.74 Å². The van der Waals surface area contributed by atoms with Gasteiger partial charge < -0.3 is 10.1 Å². The molecule has 1 aliphatic carbocycles. The second-order valence-corrected chi connectivity index (χ2v) is 7.91. The highest BCUT2D eigenvalue weighted by atomic mass is 16.5. The third kappa shape index (κ3) is 10.8. The molecule has 152 valence electrons. The van der Waals surface area contributed by atoms with Gasteiger partial charge in [0.15, 0.2) is 0 Å². The quantitative estimate of drug-likeness (QED) is 0.324. The molecule has 0 bridgehead atoms. The molecule has 0 spiro atoms. The zero-order valence-corrected chi connectivity index (χ0v) is 17.2. The number of esters is 1. The Kier molecular flexibility index (Phi) is 13.3. The molecule has 0 aliphatic heterocycles. The van der Waals surface area contributed by atoms with E-state index in [0.717, 1.165) is 38.5 Å². The summed E-state index contributed by atoms with van der Waals surface area (Å²) < 4.78 is 5.31. The molecule has 1 rings (SSSR count). The minimum Gasteiger partial charge on any atom is -0.464 e. The van der Waals surface area contributed by atoms with Crippen LogP contribution in [0, 0.1) is 5.92 Å². The van der Waals surface area contributed by atoms with Crippen LogP contribution in [0.4, 0.5) is 0 Å². The van der Waals surface area contributed by atoms with Crippen LogP contribution in [0.5, 0.6) is 0 Å². The van der Waals surface area contributed by atoms with Crippen molar-refractivity contribution in [3.8, 4) is 0 Å². The summed E-state index contributed by atoms with van der Waals surface area (Å²) in [4.78, 5) is 24.1. The van der Waals surface area contributed by atoms with E-state index in [1.165, 1.54) is 57.8 Å². The van der Waals surface area contributed by atoms with Crippen LogP contribution in [-0.4, -0.2) is 24.5 Å². The van der Waals surface area contributed by atoms with Crippen LogP contribution in [0.1, 0.15) is 110 Å². The van der Waals surface area contributed by atoms with Gasteiger partial charge in [-0.25, -0.2) is 4.79 Å². The van der Waals surface area contributed by atoms with Gasteiger partial charge in [0.25, 0.3) is 0 Å². The zero-order chi connectivity index (χ0) is 19.0. The van der Waals surface area contributed by atoms with E-state index in [0.29, 0.717) is 6.61 Å². The van der Waals surface area contributed by atoms with Crippen molar-refractivity contribution in [3.05, 3.63) is 0 Å². The SMILES string of the molecule is CCCCCCCCCCCCOC(=O)[C@H](C)NC(=O)C1CCCCC1. The summed E-state index contributed by atoms with van der Waals surface area (Å²) in [5.74, 6) is -0.195. The second-order valence-electron chi connectivity index (χ2n) is 7.91. The monoisotopic (exact) mass is 367 g/mol. The van der Waals surface area contributed by atoms with Crippen LogP contribution in [0.15, 0.2) is 0 Å². The Balaban J connectivity index is 1.96. The second kappa shape index (κ2) is 15.0. The van der Waals surface area contributed by atoms with E-state index in [2.05, 4.69) is 12.2 Å². The first-order valence-electron chi connectivity index (χ1n) is 11.1. The standard InChI is InChI=1S/C22H41NO3/c1-3-4-5-6-7-8-9-10-11-15-18-26-22(25)19(2)23-21(24)20-16-13-12-14-17-20/h19-20H,3-18H2,1-2H3,(H,23,24)/t19-/m0/s1. The highest BCUT2D eigenvalue weighted by Crippen LogP contribution is 2.23. The molecule has 0 unspecified atom stereocenters. The number of hydrogen-bond donors (Lipinski definition) is 1. The molecular formula is C22H41NO3. The van der Waals surface area contributed by atoms with Crippen LogP contribution in [-0.2, 0) is 14.3 Å². The van der Waals surface area contributed by atoms with Gasteiger partial charge in [-0.2, -0.15) is 0 Å². The van der Waals surface area contributed by atoms with Crippen LogP contribution in [0.3, 0.4) is 0 Å². The summed E-state index contributed by atoms with van der Waals surface area (Å²) in [6, 6.07) is -0.535. The van der Waals surface area contributed by atoms with E-state index >= 15 is 0 Å². The van der Waals surface area contributed by atoms with Gasteiger partial charge in [0.05, 0.1) is 6.61 Å². The number of carbonyl (C=O) groups is 2. The number of nitrogens with one attached hydrogen (secondary N) is 1. The van der Waals surface area contributed by atoms with Gasteiger partial charge in [-0.15, -0.1) is 0 Å². The number of carbonyl (C=O) groups excluding carboxylic acids is 2. The van der Waals surface area contributed by atoms with Crippen LogP contribution in [0.25, 0.3) is 0 Å². The van der Waals surface area contributed by atoms with Gasteiger partial charge in [-0.3, -0.25) is 4.79 Å². The summed E-state index contributed by atoms with van der Waals surface area (Å²) in [5.41, 5.74) is 0. The minimum absolute atomic E-state index is 0.0214. The molecule has 4 heteroatoms. The Morgan fingerprint density at radius 3 is 2.00 bits per heavy atom. The minimum atomic E-state index is -0.535. The first-order chi connectivity index (χ1) is 12.6. The van der Waals surface area contributed by atoms with Crippen molar-refractivity contribution in [2.75, 3.05) is 6.61 Å². The molecule has 1 amide bonds. The predicted octanol–water partition coefficient (Wildman–Crippen LogP) is 5.54. The molecule has 0 radical (unpaired) electrons. The largest absolute Gasteiger partial charge is 0.464 e. The van der Waals surface area contributed by atoms with Gasteiger partial charge in [0.2, 0.25) is 5.91 Å². The lowest BCUT2D eigenvalue weighted by Crippen LogP contribution is -2.43. The topological polar surface area (TPSA) is 55.4 Å². The zero-order valence-electron chi connectivity index (χ0n) is 17.2. The van der Waals surface area contributed by atoms with E-state index in [1.807, 2.05) is 0 Å². The van der Waals surface area contributed by atoms with Gasteiger partial charge in [-0.05, 0) is 26.2 Å². The third-order valence-electron chi connectivity index (χ3n) is 5.43. The number of unbranched alkanes of at least 4 members (excludes halogenated alkanes) is 9. The molecular weight excluding hydrogens is 326 g/mol. The molecule has 1 aliphatic rings. The Morgan fingerprint density at radius 2 is 1.42 bits per heavy atom. The van der Waals surface area contributed by atoms with Gasteiger partial charge >= 0.3 is 5.97 Å². The lowest BCUT2D eigenvalue weighted by molar-refractivity contribution is -0.148. The molecule has 4 nitrogen and oxygen atoms in total. The molecule has 1 saturated carbocycles. The maximum absolute atomic E-state index is 12.2. The molecule has 0 aromatic carbocycles. The van der Waals surface area contributed by atoms with Crippen molar-refractivity contribution in [1.29, 1.82) is 0 Å². The molecule has 1 N–H and O–H groups in total. The smallest absolute Gasteiger partial charge is 0.328 e. The molecule has 1 atom stereocenters. The summed E-state index contributed by atoms with van der Waals surface area (Å²) >= 11 is 0. The van der Waals surface area contributed by atoms with Crippen LogP contribution < -0.4 is 5.32 Å². The average molecular weight is 368 g/mol. The first kappa shape index (κ1) is 23.0. The van der Waals surface area contributed by atoms with Crippen molar-refractivity contribution < 1.29 is 14.3 Å². The number of rotatable bonds is 14. The van der Waals surface area contributed by atoms with Crippen molar-refractivity contribution in [2.45, 2.75) is 116 Å². The Hall–Kier alpha value is -1.06. The van der Waals surface area contributed by atoms with Crippen molar-refractivity contribution in [3.63, 3.8) is 0 Å². The Labute approximate surface area is 160 Å². The number of hydrogen-bond acceptors (Lipinski definition) is 3. The molecule has 0 aromatic heterocycles. The van der Waals surface area contributed by atoms with E-state index in [1.54, 1.807) is 6.92 Å². The van der Waals surface area contributed by atoms with Crippen molar-refractivity contribution >= 4 is 11.9 Å². The number of ether oxygens (including phenoxy) is 1. The summed E-state index contributed by atoms with van der Waals surface area (Å²) in [5, 5.41) is 2.83. The maximum atomic E-state index is 12.2. The van der Waals surface area contributed by atoms with E-state index < -0.39 is 6.04 Å². The van der Waals surface area contributed by atoms with E-state index in [-0.39, 0.29) is 17.8 Å². The lowest BCUT2D eigenvalue weighted by atomic mass is 9.88. The van der Waals surface area contributed by atoms with Gasteiger partial charge in [-0.1, -0.05) is 84.0 Å². The highest BCUT2D eigenvalue weighted by molar-refractivity contribution is 5.85. The molecule has 26 heavy (non-hydrogen) atoms. The van der Waals surface area contributed by atoms with E-state index in [9.17, 15) is 9.59 Å². The number of amides is 1. The fourth-order valence-electron chi connectivity index (χ4n) is 3.64. The fraction of sp³-hybridized carbons (Fsp3) is 0.909. The van der Waals surface area contributed by atoms with Crippen LogP contribution in [0.2, 0.25) is 0 Å². The summed E-state index contributed by atoms with van der Waals surface area (Å²) in [6.07, 6.45) is 18.0. The lowest BCUT2D eigenvalue weighted by Gasteiger charge is -2.22. The molecule has 1 fully saturated rings. The van der Waals surface area contributed by atoms with Gasteiger partial charge in [0.1, 0.15) is 6.04 Å². The van der Waals surface area contributed by atoms with Gasteiger partial charge in [0, 0.05) is 5.92 Å². The third-order valence-corrected chi connectivity index (χ3v) is 5.43. The van der Waals surface area contributed by atoms with Crippen molar-refractivity contribution in [2.24, 2.45) is 5.92 Å². The van der Waals surface area contributed by atoms with Crippen molar-refractivity contribution in [1.82, 2.24) is 5.32 Å².